The fourth-order valence-corrected chi connectivity index (χ4v) is 3.03. The Kier molecular flexibility index (Phi) is 5.46. The van der Waals surface area contributed by atoms with Gasteiger partial charge in [0, 0.05) is 16.9 Å². The number of ketones is 1. The van der Waals surface area contributed by atoms with E-state index in [0.29, 0.717) is 15.6 Å². The number of carbonyl (C=O) groups excluding carboxylic acids is 1. The predicted octanol–water partition coefficient (Wildman–Crippen LogP) is 1.34. The third-order valence-corrected chi connectivity index (χ3v) is 4.10. The van der Waals surface area contributed by atoms with Crippen molar-refractivity contribution in [2.75, 3.05) is 19.0 Å². The van der Waals surface area contributed by atoms with Gasteiger partial charge in [0.05, 0.1) is 12.6 Å². The van der Waals surface area contributed by atoms with Crippen LogP contribution < -0.4 is 5.32 Å². The molecule has 0 aromatic carbocycles. The zero-order valence-corrected chi connectivity index (χ0v) is 13.0. The minimum atomic E-state index is -0.938. The maximum Gasteiger partial charge on any atom is 0.308 e. The number of aromatic amines is 1. The molecular weight excluding hydrogens is 320 g/mol. The van der Waals surface area contributed by atoms with Gasteiger partial charge in [-0.2, -0.15) is 10.4 Å². The number of thiophene rings is 1. The Hall–Kier alpha value is -2.70. The molecule has 2 aromatic rings. The molecule has 23 heavy (non-hydrogen) atoms. The highest BCUT2D eigenvalue weighted by molar-refractivity contribution is 7.12. The lowest BCUT2D eigenvalue weighted by Gasteiger charge is -2.16. The van der Waals surface area contributed by atoms with Crippen molar-refractivity contribution < 1.29 is 19.4 Å². The molecule has 2 rings (SSSR count). The molecule has 0 amide bonds. The first kappa shape index (κ1) is 16.7. The highest BCUT2D eigenvalue weighted by Crippen LogP contribution is 2.28. The van der Waals surface area contributed by atoms with Crippen molar-refractivity contribution in [2.24, 2.45) is 0 Å². The summed E-state index contributed by atoms with van der Waals surface area (Å²) in [6, 6.07) is 4.57. The lowest BCUT2D eigenvalue weighted by atomic mass is 10.1. The van der Waals surface area contributed by atoms with Crippen LogP contribution in [0.3, 0.4) is 0 Å². The highest BCUT2D eigenvalue weighted by atomic mass is 32.1. The lowest BCUT2D eigenvalue weighted by Crippen LogP contribution is -2.24. The normalized spacial score (nSPS) is 11.7. The number of Topliss-reactive ketones (excluding diaryl/α,β-unsaturated/α-hetero) is 1. The molecule has 0 aliphatic rings. The number of carbonyl (C=O) groups is 2. The molecule has 120 valence electrons. The van der Waals surface area contributed by atoms with Crippen molar-refractivity contribution in [3.8, 4) is 6.07 Å². The van der Waals surface area contributed by atoms with Crippen LogP contribution in [0, 0.1) is 11.3 Å². The van der Waals surface area contributed by atoms with Gasteiger partial charge in [0.1, 0.15) is 30.1 Å². The van der Waals surface area contributed by atoms with E-state index in [9.17, 15) is 9.59 Å². The third-order valence-electron chi connectivity index (χ3n) is 2.95. The fourth-order valence-electron chi connectivity index (χ4n) is 1.95. The summed E-state index contributed by atoms with van der Waals surface area (Å²) < 4.78 is 4.88. The van der Waals surface area contributed by atoms with Crippen LogP contribution in [0.25, 0.3) is 0 Å². The van der Waals surface area contributed by atoms with Crippen molar-refractivity contribution in [3.05, 3.63) is 33.6 Å². The molecule has 8 nitrogen and oxygen atoms in total. The second-order valence-corrected chi connectivity index (χ2v) is 5.82. The molecule has 3 N–H and O–H groups in total. The van der Waals surface area contributed by atoms with Crippen molar-refractivity contribution >= 4 is 28.9 Å². The summed E-state index contributed by atoms with van der Waals surface area (Å²) >= 11 is 1.22. The first-order valence-electron chi connectivity index (χ1n) is 6.57. The van der Waals surface area contributed by atoms with Crippen LogP contribution in [0.1, 0.15) is 21.4 Å². The van der Waals surface area contributed by atoms with Gasteiger partial charge in [-0.05, 0) is 12.1 Å². The summed E-state index contributed by atoms with van der Waals surface area (Å²) in [5, 5.41) is 27.2. The van der Waals surface area contributed by atoms with Crippen LogP contribution in [0.15, 0.2) is 18.3 Å². The monoisotopic (exact) mass is 334 g/mol. The molecule has 0 aliphatic heterocycles. The Morgan fingerprint density at radius 1 is 1.57 bits per heavy atom. The number of nitriles is 1. The SMILES string of the molecule is COCC(=O)C(Nc1[nH]ncc1C#N)c1ccc(CC(=O)O)s1. The van der Waals surface area contributed by atoms with E-state index in [4.69, 9.17) is 15.1 Å². The van der Waals surface area contributed by atoms with Crippen LogP contribution in [0.2, 0.25) is 0 Å². The second-order valence-electron chi connectivity index (χ2n) is 4.62. The van der Waals surface area contributed by atoms with Gasteiger partial charge in [-0.25, -0.2) is 0 Å². The smallest absolute Gasteiger partial charge is 0.308 e. The van der Waals surface area contributed by atoms with Gasteiger partial charge in [-0.15, -0.1) is 11.3 Å². The molecule has 2 heterocycles. The fraction of sp³-hybridized carbons (Fsp3) is 0.286. The molecule has 2 aromatic heterocycles. The van der Waals surface area contributed by atoms with Crippen LogP contribution >= 0.6 is 11.3 Å². The van der Waals surface area contributed by atoms with E-state index >= 15 is 0 Å². The number of hydrogen-bond acceptors (Lipinski definition) is 7. The molecule has 0 bridgehead atoms. The number of rotatable bonds is 8. The Balaban J connectivity index is 2.27. The van der Waals surface area contributed by atoms with Crippen molar-refractivity contribution in [1.29, 1.82) is 5.26 Å². The minimum absolute atomic E-state index is 0.108. The summed E-state index contributed by atoms with van der Waals surface area (Å²) in [5.74, 6) is -0.851. The molecule has 0 saturated heterocycles. The molecule has 0 radical (unpaired) electrons. The van der Waals surface area contributed by atoms with Crippen LogP contribution in [0.5, 0.6) is 0 Å². The molecule has 0 fully saturated rings. The van der Waals surface area contributed by atoms with E-state index in [0.717, 1.165) is 0 Å². The molecule has 9 heteroatoms. The lowest BCUT2D eigenvalue weighted by molar-refractivity contribution is -0.136. The number of H-pyrrole nitrogens is 1. The summed E-state index contributed by atoms with van der Waals surface area (Å²) in [5.41, 5.74) is 0.280. The number of carboxylic acids is 1. The number of nitrogens with zero attached hydrogens (tertiary/aromatic N) is 2. The van der Waals surface area contributed by atoms with E-state index in [2.05, 4.69) is 15.5 Å². The maximum absolute atomic E-state index is 12.3. The number of aromatic nitrogens is 2. The van der Waals surface area contributed by atoms with Gasteiger partial charge in [0.25, 0.3) is 0 Å². The van der Waals surface area contributed by atoms with Crippen LogP contribution in [0.4, 0.5) is 5.82 Å². The van der Waals surface area contributed by atoms with E-state index in [1.54, 1.807) is 12.1 Å². The number of anilines is 1. The number of aliphatic carboxylic acids is 1. The van der Waals surface area contributed by atoms with Crippen LogP contribution in [-0.2, 0) is 20.7 Å². The summed E-state index contributed by atoms with van der Waals surface area (Å²) in [6.07, 6.45) is 1.24. The number of nitrogens with one attached hydrogen (secondary N) is 2. The Bertz CT molecular complexity index is 746. The molecule has 1 atom stereocenters. The summed E-state index contributed by atoms with van der Waals surface area (Å²) in [6.45, 7) is -0.111. The van der Waals surface area contributed by atoms with Gasteiger partial charge >= 0.3 is 5.97 Å². The molecular formula is C14H14N4O4S. The summed E-state index contributed by atoms with van der Waals surface area (Å²) in [7, 11) is 1.41. The van der Waals surface area contributed by atoms with Crippen molar-refractivity contribution in [3.63, 3.8) is 0 Å². The van der Waals surface area contributed by atoms with Gasteiger partial charge < -0.3 is 15.2 Å². The topological polar surface area (TPSA) is 128 Å². The largest absolute Gasteiger partial charge is 0.481 e. The van der Waals surface area contributed by atoms with Gasteiger partial charge in [0.2, 0.25) is 0 Å². The van der Waals surface area contributed by atoms with E-state index in [1.807, 2.05) is 6.07 Å². The zero-order valence-electron chi connectivity index (χ0n) is 12.2. The van der Waals surface area contributed by atoms with Crippen molar-refractivity contribution in [1.82, 2.24) is 10.2 Å². The van der Waals surface area contributed by atoms with Crippen LogP contribution in [-0.4, -0.2) is 40.8 Å². The second kappa shape index (κ2) is 7.53. The van der Waals surface area contributed by atoms with E-state index in [1.165, 1.54) is 24.6 Å². The van der Waals surface area contributed by atoms with Gasteiger partial charge in [-0.1, -0.05) is 0 Å². The predicted molar refractivity (Wildman–Crippen MR) is 82.2 cm³/mol. The number of ether oxygens (including phenoxy) is 1. The van der Waals surface area contributed by atoms with Crippen molar-refractivity contribution in [2.45, 2.75) is 12.5 Å². The molecule has 0 aliphatic carbocycles. The highest BCUT2D eigenvalue weighted by Gasteiger charge is 2.24. The molecule has 1 unspecified atom stereocenters. The van der Waals surface area contributed by atoms with E-state index in [-0.39, 0.29) is 24.4 Å². The number of hydrogen-bond donors (Lipinski definition) is 3. The van der Waals surface area contributed by atoms with E-state index < -0.39 is 12.0 Å². The quantitative estimate of drug-likeness (QED) is 0.664. The molecule has 0 saturated carbocycles. The van der Waals surface area contributed by atoms with Gasteiger partial charge in [0.15, 0.2) is 5.78 Å². The third kappa shape index (κ3) is 4.15. The average molecular weight is 334 g/mol. The Morgan fingerprint density at radius 2 is 2.35 bits per heavy atom. The molecule has 0 spiro atoms. The Labute approximate surface area is 135 Å². The zero-order chi connectivity index (χ0) is 16.8. The number of methoxy groups -OCH3 is 1. The maximum atomic E-state index is 12.3. The number of carboxylic acid groups (broad SMARTS) is 1. The first-order chi connectivity index (χ1) is 11.0. The standard InChI is InChI=1S/C14H14N4O4S/c1-22-7-10(19)13(17-14-8(5-15)6-16-18-14)11-3-2-9(23-11)4-12(20)21/h2-3,6,13H,4,7H2,1H3,(H,20,21)(H2,16,17,18). The van der Waals surface area contributed by atoms with Gasteiger partial charge in [-0.3, -0.25) is 14.7 Å². The Morgan fingerprint density at radius 3 is 3.00 bits per heavy atom. The minimum Gasteiger partial charge on any atom is -0.481 e. The first-order valence-corrected chi connectivity index (χ1v) is 7.38. The summed E-state index contributed by atoms with van der Waals surface area (Å²) in [4.78, 5) is 24.3. The average Bonchev–Trinajstić information content (AvgIpc) is 3.13.